The molecule has 0 heterocycles. The van der Waals surface area contributed by atoms with Gasteiger partial charge in [-0.15, -0.1) is 11.8 Å². The first-order valence-corrected chi connectivity index (χ1v) is 6.66. The highest BCUT2D eigenvalue weighted by molar-refractivity contribution is 7.99. The van der Waals surface area contributed by atoms with Crippen molar-refractivity contribution in [1.82, 2.24) is 0 Å². The van der Waals surface area contributed by atoms with Gasteiger partial charge in [-0.1, -0.05) is 31.0 Å². The lowest BCUT2D eigenvalue weighted by Crippen LogP contribution is -2.19. The van der Waals surface area contributed by atoms with E-state index in [2.05, 4.69) is 38.1 Å². The van der Waals surface area contributed by atoms with Gasteiger partial charge in [0, 0.05) is 10.9 Å². The molecule has 1 nitrogen and oxygen atoms in total. The third-order valence-corrected chi connectivity index (χ3v) is 3.48. The Labute approximate surface area is 97.4 Å². The van der Waals surface area contributed by atoms with Crippen molar-refractivity contribution in [1.29, 1.82) is 0 Å². The van der Waals surface area contributed by atoms with Gasteiger partial charge in [0.1, 0.15) is 0 Å². The van der Waals surface area contributed by atoms with Gasteiger partial charge in [-0.05, 0) is 37.7 Å². The average Bonchev–Trinajstić information content (AvgIpc) is 2.21. The van der Waals surface area contributed by atoms with Crippen molar-refractivity contribution in [2.45, 2.75) is 44.0 Å². The van der Waals surface area contributed by atoms with Crippen molar-refractivity contribution in [3.63, 3.8) is 0 Å². The van der Waals surface area contributed by atoms with Crippen LogP contribution in [0.4, 0.5) is 0 Å². The Bertz CT molecular complexity index is 268. The molecule has 15 heavy (non-hydrogen) atoms. The zero-order valence-corrected chi connectivity index (χ0v) is 10.5. The van der Waals surface area contributed by atoms with E-state index < -0.39 is 0 Å². The zero-order chi connectivity index (χ0) is 11.1. The predicted molar refractivity (Wildman–Crippen MR) is 69.4 cm³/mol. The maximum atomic E-state index is 5.96. The molecule has 0 radical (unpaired) electrons. The minimum absolute atomic E-state index is 0.382. The van der Waals surface area contributed by atoms with E-state index in [4.69, 9.17) is 5.73 Å². The maximum absolute atomic E-state index is 5.96. The molecular formula is C13H21NS. The van der Waals surface area contributed by atoms with Gasteiger partial charge in [0.25, 0.3) is 0 Å². The third-order valence-electron chi connectivity index (χ3n) is 2.44. The normalized spacial score (nSPS) is 12.7. The lowest BCUT2D eigenvalue weighted by molar-refractivity contribution is 0.590. The largest absolute Gasteiger partial charge is 0.328 e. The second-order valence-electron chi connectivity index (χ2n) is 4.00. The van der Waals surface area contributed by atoms with E-state index in [0.29, 0.717) is 6.04 Å². The topological polar surface area (TPSA) is 26.0 Å². The second-order valence-corrected chi connectivity index (χ2v) is 5.17. The molecule has 1 aromatic rings. The molecule has 0 aliphatic rings. The molecule has 0 aromatic heterocycles. The molecule has 0 bridgehead atoms. The average molecular weight is 223 g/mol. The fourth-order valence-corrected chi connectivity index (χ4v) is 2.46. The molecule has 0 fully saturated rings. The molecule has 84 valence electrons. The second kappa shape index (κ2) is 6.91. The Kier molecular flexibility index (Phi) is 5.81. The van der Waals surface area contributed by atoms with Crippen LogP contribution < -0.4 is 5.73 Å². The van der Waals surface area contributed by atoms with Crippen LogP contribution in [0.2, 0.25) is 0 Å². The van der Waals surface area contributed by atoms with Crippen molar-refractivity contribution in [2.24, 2.45) is 5.73 Å². The van der Waals surface area contributed by atoms with E-state index >= 15 is 0 Å². The van der Waals surface area contributed by atoms with Gasteiger partial charge in [0.05, 0.1) is 0 Å². The molecule has 0 spiro atoms. The van der Waals surface area contributed by atoms with Crippen molar-refractivity contribution in [2.75, 3.05) is 5.75 Å². The SMILES string of the molecule is CCCC(N)CCSc1ccc(C)cc1. The van der Waals surface area contributed by atoms with E-state index in [-0.39, 0.29) is 0 Å². The summed E-state index contributed by atoms with van der Waals surface area (Å²) in [6, 6.07) is 9.08. The first-order chi connectivity index (χ1) is 7.22. The first kappa shape index (κ1) is 12.6. The minimum atomic E-state index is 0.382. The molecule has 1 rings (SSSR count). The van der Waals surface area contributed by atoms with E-state index in [1.54, 1.807) is 0 Å². The van der Waals surface area contributed by atoms with Crippen LogP contribution in [0.1, 0.15) is 31.7 Å². The smallest absolute Gasteiger partial charge is 0.00721 e. The summed E-state index contributed by atoms with van der Waals surface area (Å²) in [6.07, 6.45) is 3.46. The van der Waals surface area contributed by atoms with Gasteiger partial charge in [-0.3, -0.25) is 0 Å². The maximum Gasteiger partial charge on any atom is 0.00721 e. The number of hydrogen-bond acceptors (Lipinski definition) is 2. The quantitative estimate of drug-likeness (QED) is 0.746. The number of rotatable bonds is 6. The summed E-state index contributed by atoms with van der Waals surface area (Å²) in [6.45, 7) is 4.30. The van der Waals surface area contributed by atoms with Crippen molar-refractivity contribution in [3.05, 3.63) is 29.8 Å². The predicted octanol–water partition coefficient (Wildman–Crippen LogP) is 3.60. The third kappa shape index (κ3) is 5.24. The summed E-state index contributed by atoms with van der Waals surface area (Å²) < 4.78 is 0. The van der Waals surface area contributed by atoms with Gasteiger partial charge < -0.3 is 5.73 Å². The van der Waals surface area contributed by atoms with Crippen molar-refractivity contribution < 1.29 is 0 Å². The summed E-state index contributed by atoms with van der Waals surface area (Å²) in [5.41, 5.74) is 7.28. The number of aryl methyl sites for hydroxylation is 1. The molecule has 0 aliphatic heterocycles. The van der Waals surface area contributed by atoms with Gasteiger partial charge in [0.15, 0.2) is 0 Å². The molecule has 2 N–H and O–H groups in total. The summed E-state index contributed by atoms with van der Waals surface area (Å²) in [5.74, 6) is 1.13. The van der Waals surface area contributed by atoms with Crippen LogP contribution in [0.3, 0.4) is 0 Å². The number of thioether (sulfide) groups is 1. The van der Waals surface area contributed by atoms with E-state index in [0.717, 1.165) is 18.6 Å². The fraction of sp³-hybridized carbons (Fsp3) is 0.538. The monoisotopic (exact) mass is 223 g/mol. The standard InChI is InChI=1S/C13H21NS/c1-3-4-12(14)9-10-15-13-7-5-11(2)6-8-13/h5-8,12H,3-4,9-10,14H2,1-2H3. The Morgan fingerprint density at radius 3 is 2.47 bits per heavy atom. The molecule has 1 atom stereocenters. The highest BCUT2D eigenvalue weighted by Gasteiger charge is 2.01. The van der Waals surface area contributed by atoms with Crippen LogP contribution in [0, 0.1) is 6.92 Å². The van der Waals surface area contributed by atoms with Crippen molar-refractivity contribution in [3.8, 4) is 0 Å². The highest BCUT2D eigenvalue weighted by Crippen LogP contribution is 2.19. The number of benzene rings is 1. The summed E-state index contributed by atoms with van der Waals surface area (Å²) >= 11 is 1.90. The molecule has 0 aliphatic carbocycles. The highest BCUT2D eigenvalue weighted by atomic mass is 32.2. The van der Waals surface area contributed by atoms with Gasteiger partial charge >= 0.3 is 0 Å². The number of hydrogen-bond donors (Lipinski definition) is 1. The molecule has 2 heteroatoms. The Morgan fingerprint density at radius 1 is 1.20 bits per heavy atom. The molecule has 1 aromatic carbocycles. The van der Waals surface area contributed by atoms with Crippen LogP contribution in [-0.2, 0) is 0 Å². The fourth-order valence-electron chi connectivity index (χ4n) is 1.48. The number of nitrogens with two attached hydrogens (primary N) is 1. The van der Waals surface area contributed by atoms with Crippen LogP contribution >= 0.6 is 11.8 Å². The molecule has 0 saturated carbocycles. The molecule has 1 unspecified atom stereocenters. The van der Waals surface area contributed by atoms with Gasteiger partial charge in [-0.25, -0.2) is 0 Å². The van der Waals surface area contributed by atoms with Crippen LogP contribution in [0.25, 0.3) is 0 Å². The van der Waals surface area contributed by atoms with Gasteiger partial charge in [-0.2, -0.15) is 0 Å². The van der Waals surface area contributed by atoms with Crippen LogP contribution in [0.15, 0.2) is 29.2 Å². The molecule has 0 saturated heterocycles. The Hall–Kier alpha value is -0.470. The molecule has 0 amide bonds. The van der Waals surface area contributed by atoms with Crippen LogP contribution in [-0.4, -0.2) is 11.8 Å². The lowest BCUT2D eigenvalue weighted by atomic mass is 10.1. The van der Waals surface area contributed by atoms with E-state index in [1.165, 1.54) is 16.9 Å². The van der Waals surface area contributed by atoms with E-state index in [9.17, 15) is 0 Å². The van der Waals surface area contributed by atoms with Gasteiger partial charge in [0.2, 0.25) is 0 Å². The van der Waals surface area contributed by atoms with Crippen LogP contribution in [0.5, 0.6) is 0 Å². The Balaban J connectivity index is 2.22. The minimum Gasteiger partial charge on any atom is -0.328 e. The van der Waals surface area contributed by atoms with E-state index in [1.807, 2.05) is 11.8 Å². The summed E-state index contributed by atoms with van der Waals surface area (Å²) in [4.78, 5) is 1.35. The summed E-state index contributed by atoms with van der Waals surface area (Å²) in [5, 5.41) is 0. The van der Waals surface area contributed by atoms with Crippen molar-refractivity contribution >= 4 is 11.8 Å². The Morgan fingerprint density at radius 2 is 1.87 bits per heavy atom. The zero-order valence-electron chi connectivity index (χ0n) is 9.70. The molecular weight excluding hydrogens is 202 g/mol. The lowest BCUT2D eigenvalue weighted by Gasteiger charge is -2.09. The summed E-state index contributed by atoms with van der Waals surface area (Å²) in [7, 11) is 0. The first-order valence-electron chi connectivity index (χ1n) is 5.67.